The van der Waals surface area contributed by atoms with E-state index in [1.165, 1.54) is 12.1 Å². The molecule has 0 bridgehead atoms. The van der Waals surface area contributed by atoms with E-state index < -0.39 is 0 Å². The largest absolute Gasteiger partial charge is 0.321 e. The first-order valence-corrected chi connectivity index (χ1v) is 9.04. The number of carbonyl (C=O) groups excluding carboxylic acids is 1. The highest BCUT2D eigenvalue weighted by molar-refractivity contribution is 6.36. The van der Waals surface area contributed by atoms with E-state index in [2.05, 4.69) is 5.32 Å². The molecule has 0 saturated heterocycles. The molecule has 28 heavy (non-hydrogen) atoms. The molecule has 2 aromatic carbocycles. The molecule has 1 aliphatic heterocycles. The zero-order valence-corrected chi connectivity index (χ0v) is 15.2. The maximum atomic E-state index is 13.4. The third kappa shape index (κ3) is 2.68. The van der Waals surface area contributed by atoms with Gasteiger partial charge in [0.2, 0.25) is 0 Å². The number of hydrogen-bond donors (Lipinski definition) is 1. The Kier molecular flexibility index (Phi) is 3.77. The molecule has 6 heteroatoms. The predicted octanol–water partition coefficient (Wildman–Crippen LogP) is 5.29. The minimum atomic E-state index is -0.312. The van der Waals surface area contributed by atoms with Crippen molar-refractivity contribution in [1.29, 1.82) is 0 Å². The summed E-state index contributed by atoms with van der Waals surface area (Å²) in [4.78, 5) is 17.3. The summed E-state index contributed by atoms with van der Waals surface area (Å²) in [7, 11) is 0. The number of nitrogens with zero attached hydrogens (tertiary/aromatic N) is 2. The number of rotatable bonds is 2. The molecule has 2 aromatic heterocycles. The molecule has 0 atom stereocenters. The van der Waals surface area contributed by atoms with Gasteiger partial charge in [-0.05, 0) is 54.6 Å². The van der Waals surface area contributed by atoms with Gasteiger partial charge in [0, 0.05) is 22.3 Å². The molecule has 0 radical (unpaired) electrons. The van der Waals surface area contributed by atoms with E-state index in [9.17, 15) is 9.18 Å². The Morgan fingerprint density at radius 3 is 2.71 bits per heavy atom. The lowest BCUT2D eigenvalue weighted by Gasteiger charge is -2.03. The minimum absolute atomic E-state index is 0.201. The first-order valence-electron chi connectivity index (χ1n) is 8.66. The van der Waals surface area contributed by atoms with E-state index in [1.807, 2.05) is 40.9 Å². The van der Waals surface area contributed by atoms with Gasteiger partial charge in [0.25, 0.3) is 5.91 Å². The van der Waals surface area contributed by atoms with E-state index >= 15 is 0 Å². The van der Waals surface area contributed by atoms with Crippen molar-refractivity contribution >= 4 is 40.5 Å². The van der Waals surface area contributed by atoms with Crippen molar-refractivity contribution in [3.63, 3.8) is 0 Å². The highest BCUT2D eigenvalue weighted by atomic mass is 35.5. The van der Waals surface area contributed by atoms with Gasteiger partial charge >= 0.3 is 0 Å². The van der Waals surface area contributed by atoms with Crippen molar-refractivity contribution in [2.75, 3.05) is 5.32 Å². The second-order valence-electron chi connectivity index (χ2n) is 6.48. The SMILES string of the molecule is O=C1Nc2cc(Cl)ccc2/C1=C\c1c(-c2ccc(F)cc2)nc2ccccn12. The number of aromatic nitrogens is 2. The van der Waals surface area contributed by atoms with Crippen LogP contribution in [-0.2, 0) is 4.79 Å². The second-order valence-corrected chi connectivity index (χ2v) is 6.92. The number of benzene rings is 2. The highest BCUT2D eigenvalue weighted by Gasteiger charge is 2.25. The smallest absolute Gasteiger partial charge is 0.256 e. The molecule has 0 aliphatic carbocycles. The molecule has 136 valence electrons. The van der Waals surface area contributed by atoms with Gasteiger partial charge in [-0.15, -0.1) is 0 Å². The number of carbonyl (C=O) groups is 1. The average molecular weight is 390 g/mol. The highest BCUT2D eigenvalue weighted by Crippen LogP contribution is 2.36. The lowest BCUT2D eigenvalue weighted by Crippen LogP contribution is -2.04. The Labute approximate surface area is 164 Å². The van der Waals surface area contributed by atoms with Gasteiger partial charge < -0.3 is 5.32 Å². The summed E-state index contributed by atoms with van der Waals surface area (Å²) in [5.74, 6) is -0.512. The van der Waals surface area contributed by atoms with Gasteiger partial charge in [0.1, 0.15) is 11.5 Å². The van der Waals surface area contributed by atoms with Crippen LogP contribution < -0.4 is 5.32 Å². The molecule has 3 heterocycles. The summed E-state index contributed by atoms with van der Waals surface area (Å²) in [5, 5.41) is 3.40. The Hall–Kier alpha value is -3.44. The number of fused-ring (bicyclic) bond motifs is 2. The summed E-state index contributed by atoms with van der Waals surface area (Å²) in [5.41, 5.74) is 4.92. The van der Waals surface area contributed by atoms with Gasteiger partial charge in [-0.2, -0.15) is 0 Å². The fourth-order valence-electron chi connectivity index (χ4n) is 3.42. The fraction of sp³-hybridized carbons (Fsp3) is 0. The zero-order valence-electron chi connectivity index (χ0n) is 14.5. The maximum absolute atomic E-state index is 13.4. The van der Waals surface area contributed by atoms with E-state index in [-0.39, 0.29) is 11.7 Å². The molecule has 0 saturated carbocycles. The summed E-state index contributed by atoms with van der Waals surface area (Å²) >= 11 is 6.04. The average Bonchev–Trinajstić information content (AvgIpc) is 3.20. The van der Waals surface area contributed by atoms with Crippen molar-refractivity contribution in [2.45, 2.75) is 0 Å². The van der Waals surface area contributed by atoms with E-state index in [0.29, 0.717) is 22.0 Å². The normalized spacial score (nSPS) is 14.5. The van der Waals surface area contributed by atoms with Crippen LogP contribution in [0.25, 0.3) is 28.6 Å². The van der Waals surface area contributed by atoms with Crippen LogP contribution in [-0.4, -0.2) is 15.3 Å². The monoisotopic (exact) mass is 389 g/mol. The molecule has 0 spiro atoms. The molecule has 0 unspecified atom stereocenters. The van der Waals surface area contributed by atoms with Crippen LogP contribution in [0.5, 0.6) is 0 Å². The summed E-state index contributed by atoms with van der Waals surface area (Å²) in [6, 6.07) is 17.1. The molecular formula is C22H13ClFN3O. The van der Waals surface area contributed by atoms with E-state index in [4.69, 9.17) is 16.6 Å². The van der Waals surface area contributed by atoms with E-state index in [0.717, 1.165) is 22.5 Å². The standard InChI is InChI=1S/C22H13ClFN3O/c23-14-6-9-16-17(22(28)25-18(16)11-14)12-19-21(13-4-7-15(24)8-5-13)26-20-3-1-2-10-27(19)20/h1-12H,(H,25,28)/b17-12+. The maximum Gasteiger partial charge on any atom is 0.256 e. The lowest BCUT2D eigenvalue weighted by molar-refractivity contribution is -0.110. The van der Waals surface area contributed by atoms with Crippen molar-refractivity contribution in [3.05, 3.63) is 89.0 Å². The Balaban J connectivity index is 1.75. The molecule has 1 N–H and O–H groups in total. The topological polar surface area (TPSA) is 46.4 Å². The van der Waals surface area contributed by atoms with Crippen molar-refractivity contribution < 1.29 is 9.18 Å². The van der Waals surface area contributed by atoms with Gasteiger partial charge in [-0.1, -0.05) is 23.7 Å². The van der Waals surface area contributed by atoms with Crippen molar-refractivity contribution in [1.82, 2.24) is 9.38 Å². The van der Waals surface area contributed by atoms with Crippen molar-refractivity contribution in [2.24, 2.45) is 0 Å². The molecule has 5 rings (SSSR count). The Morgan fingerprint density at radius 1 is 1.07 bits per heavy atom. The first-order chi connectivity index (χ1) is 13.6. The lowest BCUT2D eigenvalue weighted by atomic mass is 10.0. The van der Waals surface area contributed by atoms with Crippen molar-refractivity contribution in [3.8, 4) is 11.3 Å². The fourth-order valence-corrected chi connectivity index (χ4v) is 3.59. The summed E-state index contributed by atoms with van der Waals surface area (Å²) in [6.45, 7) is 0. The number of nitrogens with one attached hydrogen (secondary N) is 1. The van der Waals surface area contributed by atoms with Crippen LogP contribution in [0.2, 0.25) is 5.02 Å². The van der Waals surface area contributed by atoms with Crippen LogP contribution in [0.3, 0.4) is 0 Å². The number of amides is 1. The predicted molar refractivity (Wildman–Crippen MR) is 109 cm³/mol. The third-order valence-electron chi connectivity index (χ3n) is 4.73. The van der Waals surface area contributed by atoms with Gasteiger partial charge in [0.05, 0.1) is 22.6 Å². The summed E-state index contributed by atoms with van der Waals surface area (Å²) in [6.07, 6.45) is 3.70. The van der Waals surface area contributed by atoms with Crippen LogP contribution in [0, 0.1) is 5.82 Å². The number of hydrogen-bond acceptors (Lipinski definition) is 2. The van der Waals surface area contributed by atoms with Crippen LogP contribution in [0.4, 0.5) is 10.1 Å². The molecule has 4 aromatic rings. The summed E-state index contributed by atoms with van der Waals surface area (Å²) < 4.78 is 15.3. The third-order valence-corrected chi connectivity index (χ3v) is 4.97. The van der Waals surface area contributed by atoms with Gasteiger partial charge in [-0.25, -0.2) is 9.37 Å². The zero-order chi connectivity index (χ0) is 19.3. The molecular weight excluding hydrogens is 377 g/mol. The van der Waals surface area contributed by atoms with E-state index in [1.54, 1.807) is 24.3 Å². The van der Waals surface area contributed by atoms with Crippen LogP contribution >= 0.6 is 11.6 Å². The minimum Gasteiger partial charge on any atom is -0.321 e. The number of imidazole rings is 1. The quantitative estimate of drug-likeness (QED) is 0.474. The number of halogens is 2. The molecule has 1 aliphatic rings. The second kappa shape index (κ2) is 6.32. The van der Waals surface area contributed by atoms with Crippen LogP contribution in [0.1, 0.15) is 11.3 Å². The van der Waals surface area contributed by atoms with Crippen LogP contribution in [0.15, 0.2) is 66.9 Å². The van der Waals surface area contributed by atoms with Gasteiger partial charge in [0.15, 0.2) is 0 Å². The number of anilines is 1. The van der Waals surface area contributed by atoms with Gasteiger partial charge in [-0.3, -0.25) is 9.20 Å². The molecule has 4 nitrogen and oxygen atoms in total. The molecule has 1 amide bonds. The Morgan fingerprint density at radius 2 is 1.89 bits per heavy atom. The Bertz CT molecular complexity index is 1270. The molecule has 0 fully saturated rings. The first kappa shape index (κ1) is 16.7. The number of pyridine rings is 1.